The van der Waals surface area contributed by atoms with Crippen LogP contribution >= 0.6 is 23.5 Å². The first-order valence-corrected chi connectivity index (χ1v) is 12.8. The number of anilines is 2. The van der Waals surface area contributed by atoms with Crippen LogP contribution in [0, 0.1) is 17.6 Å². The van der Waals surface area contributed by atoms with Crippen LogP contribution in [0.15, 0.2) is 47.4 Å². The number of benzene rings is 2. The molecule has 3 aromatic rings. The van der Waals surface area contributed by atoms with Crippen LogP contribution in [-0.2, 0) is 11.3 Å². The summed E-state index contributed by atoms with van der Waals surface area (Å²) < 4.78 is 62.7. The van der Waals surface area contributed by atoms with Crippen molar-refractivity contribution in [2.75, 3.05) is 50.2 Å². The molecule has 1 saturated heterocycles. The van der Waals surface area contributed by atoms with Gasteiger partial charge in [-0.3, -0.25) is 4.31 Å². The van der Waals surface area contributed by atoms with Crippen LogP contribution in [0.4, 0.5) is 24.7 Å². The van der Waals surface area contributed by atoms with Crippen LogP contribution < -0.4 is 18.7 Å². The molecule has 0 spiro atoms. The molecule has 4 rings (SSSR count). The number of hydrogen-bond donors (Lipinski definition) is 1. The predicted molar refractivity (Wildman–Crippen MR) is 141 cm³/mol. The third-order valence-corrected chi connectivity index (χ3v) is 7.89. The Kier molecular flexibility index (Phi) is 8.81. The van der Waals surface area contributed by atoms with Crippen LogP contribution in [0.2, 0.25) is 5.02 Å². The summed E-state index contributed by atoms with van der Waals surface area (Å²) >= 11 is 7.10. The van der Waals surface area contributed by atoms with E-state index in [4.69, 9.17) is 25.8 Å². The molecule has 0 saturated carbocycles. The lowest BCUT2D eigenvalue weighted by Crippen LogP contribution is -2.39. The van der Waals surface area contributed by atoms with E-state index in [2.05, 4.69) is 4.98 Å². The third-order valence-electron chi connectivity index (χ3n) is 6.44. The monoisotopic (exact) mass is 569 g/mol. The van der Waals surface area contributed by atoms with E-state index in [1.807, 2.05) is 0 Å². The third kappa shape index (κ3) is 5.75. The highest BCUT2D eigenvalue weighted by Gasteiger charge is 2.39. The van der Waals surface area contributed by atoms with E-state index in [9.17, 15) is 9.50 Å². The van der Waals surface area contributed by atoms with Crippen molar-refractivity contribution in [3.8, 4) is 11.5 Å². The van der Waals surface area contributed by atoms with Crippen molar-refractivity contribution in [3.63, 3.8) is 0 Å². The summed E-state index contributed by atoms with van der Waals surface area (Å²) in [6, 6.07) is 10.4. The van der Waals surface area contributed by atoms with Crippen molar-refractivity contribution in [3.05, 3.63) is 70.6 Å². The maximum absolute atomic E-state index is 15.6. The van der Waals surface area contributed by atoms with Crippen molar-refractivity contribution in [1.29, 1.82) is 0 Å². The van der Waals surface area contributed by atoms with Gasteiger partial charge in [0.15, 0.2) is 5.82 Å². The summed E-state index contributed by atoms with van der Waals surface area (Å²) in [5.74, 6) is -1.39. The maximum Gasteiger partial charge on any atom is 0.214 e. The van der Waals surface area contributed by atoms with Gasteiger partial charge in [0, 0.05) is 37.9 Å². The maximum atomic E-state index is 15.6. The number of ether oxygens (including phenoxy) is 3. The van der Waals surface area contributed by atoms with Crippen LogP contribution in [0.5, 0.6) is 11.5 Å². The number of halogens is 4. The van der Waals surface area contributed by atoms with Gasteiger partial charge < -0.3 is 24.2 Å². The van der Waals surface area contributed by atoms with Crippen LogP contribution in [0.25, 0.3) is 0 Å². The van der Waals surface area contributed by atoms with Gasteiger partial charge in [-0.05, 0) is 42.6 Å². The second-order valence-corrected chi connectivity index (χ2v) is 10.1. The highest BCUT2D eigenvalue weighted by molar-refractivity contribution is 8.00. The molecule has 1 aliphatic rings. The van der Waals surface area contributed by atoms with Crippen molar-refractivity contribution in [2.45, 2.75) is 23.5 Å². The van der Waals surface area contributed by atoms with Gasteiger partial charge in [-0.15, -0.1) is 0 Å². The van der Waals surface area contributed by atoms with Crippen LogP contribution in [-0.4, -0.2) is 56.7 Å². The molecule has 2 heterocycles. The fourth-order valence-electron chi connectivity index (χ4n) is 4.23. The fourth-order valence-corrected chi connectivity index (χ4v) is 5.51. The minimum absolute atomic E-state index is 0.0610. The summed E-state index contributed by atoms with van der Waals surface area (Å²) in [4.78, 5) is 5.20. The van der Waals surface area contributed by atoms with Crippen molar-refractivity contribution in [2.24, 2.45) is 0 Å². The zero-order chi connectivity index (χ0) is 27.4. The van der Waals surface area contributed by atoms with E-state index >= 15 is 8.78 Å². The number of aromatic nitrogens is 1. The van der Waals surface area contributed by atoms with Gasteiger partial charge in [-0.25, -0.2) is 13.8 Å². The molecule has 1 fully saturated rings. The quantitative estimate of drug-likeness (QED) is 0.196. The van der Waals surface area contributed by atoms with Gasteiger partial charge >= 0.3 is 0 Å². The fraction of sp³-hybridized carbons (Fsp3) is 0.346. The van der Waals surface area contributed by atoms with E-state index < -0.39 is 23.2 Å². The Bertz CT molecular complexity index is 1300. The van der Waals surface area contributed by atoms with Gasteiger partial charge in [0.2, 0.25) is 5.95 Å². The van der Waals surface area contributed by atoms with Gasteiger partial charge in [-0.2, -0.15) is 4.39 Å². The SMILES string of the molecule is COc1ccc(CN(Sc2c(F)cc(N3CCC(CO)(OC)C3)c(Cl)c2F)c2cccc(F)n2)c(OC)c1. The molecule has 0 radical (unpaired) electrons. The Labute approximate surface area is 228 Å². The molecule has 1 aliphatic heterocycles. The van der Waals surface area contributed by atoms with E-state index in [-0.39, 0.29) is 41.1 Å². The molecule has 1 N–H and O–H groups in total. The Morgan fingerprint density at radius 2 is 1.92 bits per heavy atom. The normalized spacial score (nSPS) is 17.1. The first-order valence-electron chi connectivity index (χ1n) is 11.6. The topological polar surface area (TPSA) is 67.3 Å². The average molecular weight is 570 g/mol. The van der Waals surface area contributed by atoms with Crippen molar-refractivity contribution in [1.82, 2.24) is 4.98 Å². The second-order valence-electron chi connectivity index (χ2n) is 8.68. The molecule has 1 aromatic heterocycles. The lowest BCUT2D eigenvalue weighted by Gasteiger charge is -2.27. The minimum atomic E-state index is -0.964. The van der Waals surface area contributed by atoms with E-state index in [0.717, 1.165) is 6.07 Å². The zero-order valence-corrected chi connectivity index (χ0v) is 22.6. The lowest BCUT2D eigenvalue weighted by atomic mass is 10.1. The Morgan fingerprint density at radius 1 is 1.13 bits per heavy atom. The van der Waals surface area contributed by atoms with Gasteiger partial charge in [0.1, 0.15) is 38.7 Å². The Morgan fingerprint density at radius 3 is 2.55 bits per heavy atom. The molecule has 0 bridgehead atoms. The number of aliphatic hydroxyl groups excluding tert-OH is 1. The van der Waals surface area contributed by atoms with Crippen LogP contribution in [0.3, 0.4) is 0 Å². The summed E-state index contributed by atoms with van der Waals surface area (Å²) in [5.41, 5.74) is -0.0286. The Balaban J connectivity index is 1.69. The molecule has 12 heteroatoms. The molecule has 2 aromatic carbocycles. The first-order chi connectivity index (χ1) is 18.2. The first kappa shape index (κ1) is 28.2. The number of aliphatic hydroxyl groups is 1. The van der Waals surface area contributed by atoms with Crippen molar-refractivity contribution < 1.29 is 32.5 Å². The summed E-state index contributed by atoms with van der Waals surface area (Å²) in [6.45, 7) is 0.449. The standard InChI is InChI=1S/C26H27ClF3N3O4S/c1-35-17-8-7-16(20(11-17)36-2)13-33(22-6-4-5-21(29)31-22)38-25-18(28)12-19(23(27)24(25)30)32-10-9-26(14-32,15-34)37-3/h4-8,11-12,34H,9-10,13-15H2,1-3H3. The van der Waals surface area contributed by atoms with Gasteiger partial charge in [0.25, 0.3) is 0 Å². The molecule has 38 heavy (non-hydrogen) atoms. The molecule has 1 unspecified atom stereocenters. The number of hydrogen-bond acceptors (Lipinski definition) is 8. The van der Waals surface area contributed by atoms with E-state index in [0.29, 0.717) is 42.0 Å². The average Bonchev–Trinajstić information content (AvgIpc) is 3.37. The number of methoxy groups -OCH3 is 3. The van der Waals surface area contributed by atoms with E-state index in [1.165, 1.54) is 43.8 Å². The number of rotatable bonds is 10. The smallest absolute Gasteiger partial charge is 0.214 e. The highest BCUT2D eigenvalue weighted by atomic mass is 35.5. The molecule has 0 aliphatic carbocycles. The summed E-state index contributed by atoms with van der Waals surface area (Å²) in [7, 11) is 4.49. The predicted octanol–water partition coefficient (Wildman–Crippen LogP) is 5.47. The number of nitrogens with zero attached hydrogens (tertiary/aromatic N) is 3. The summed E-state index contributed by atoms with van der Waals surface area (Å²) in [6.07, 6.45) is 0.471. The van der Waals surface area contributed by atoms with Gasteiger partial charge in [-0.1, -0.05) is 17.7 Å². The second kappa shape index (κ2) is 11.9. The highest BCUT2D eigenvalue weighted by Crippen LogP contribution is 2.42. The largest absolute Gasteiger partial charge is 0.497 e. The van der Waals surface area contributed by atoms with Gasteiger partial charge in [0.05, 0.1) is 33.1 Å². The molecule has 7 nitrogen and oxygen atoms in total. The molecule has 0 amide bonds. The van der Waals surface area contributed by atoms with Crippen molar-refractivity contribution >= 4 is 35.1 Å². The van der Waals surface area contributed by atoms with E-state index in [1.54, 1.807) is 23.1 Å². The molecule has 1 atom stereocenters. The molecular formula is C26H27ClF3N3O4S. The Hall–Kier alpha value is -2.86. The minimum Gasteiger partial charge on any atom is -0.497 e. The lowest BCUT2D eigenvalue weighted by molar-refractivity contribution is -0.0346. The molecular weight excluding hydrogens is 543 g/mol. The summed E-state index contributed by atoms with van der Waals surface area (Å²) in [5, 5.41) is 9.46. The molecule has 204 valence electrons. The van der Waals surface area contributed by atoms with Crippen LogP contribution in [0.1, 0.15) is 12.0 Å². The number of pyridine rings is 1. The zero-order valence-electron chi connectivity index (χ0n) is 21.0.